The van der Waals surface area contributed by atoms with Crippen LogP contribution in [0.15, 0.2) is 12.1 Å². The van der Waals surface area contributed by atoms with Crippen molar-refractivity contribution in [3.63, 3.8) is 0 Å². The van der Waals surface area contributed by atoms with Crippen molar-refractivity contribution in [1.82, 2.24) is 0 Å². The van der Waals surface area contributed by atoms with Crippen LogP contribution in [0.1, 0.15) is 0 Å². The van der Waals surface area contributed by atoms with Crippen LogP contribution in [0, 0.1) is 34.8 Å². The Kier molecular flexibility index (Phi) is 4.86. The fourth-order valence-corrected chi connectivity index (χ4v) is 1.40. The van der Waals surface area contributed by atoms with Crippen molar-refractivity contribution in [3.05, 3.63) is 27.3 Å². The summed E-state index contributed by atoms with van der Waals surface area (Å²) in [5.74, 6) is 4.71. The highest BCUT2D eigenvalue weighted by Crippen LogP contribution is 2.38. The van der Waals surface area contributed by atoms with Gasteiger partial charge in [0.2, 0.25) is 0 Å². The molecule has 0 aliphatic heterocycles. The molecule has 0 heterocycles. The van der Waals surface area contributed by atoms with E-state index in [0.29, 0.717) is 0 Å². The van der Waals surface area contributed by atoms with Crippen LogP contribution in [0.4, 0.5) is 5.69 Å². The summed E-state index contributed by atoms with van der Waals surface area (Å²) >= 11 is 5.86. The summed E-state index contributed by atoms with van der Waals surface area (Å²) in [6, 6.07) is 2.32. The lowest BCUT2D eigenvalue weighted by atomic mass is 10.3. The molecule has 0 aliphatic rings. The number of nitro benzene ring substituents is 1. The van der Waals surface area contributed by atoms with Crippen molar-refractivity contribution in [2.45, 2.75) is 0 Å². The van der Waals surface area contributed by atoms with Crippen molar-refractivity contribution in [1.29, 1.82) is 0 Å². The number of nitrogens with zero attached hydrogens (tertiary/aromatic N) is 1. The fourth-order valence-electron chi connectivity index (χ4n) is 1.14. The van der Waals surface area contributed by atoms with E-state index in [2.05, 4.69) is 11.8 Å². The van der Waals surface area contributed by atoms with Crippen LogP contribution < -0.4 is 9.47 Å². The highest BCUT2D eigenvalue weighted by molar-refractivity contribution is 6.32. The van der Waals surface area contributed by atoms with Gasteiger partial charge in [0.1, 0.15) is 13.2 Å². The van der Waals surface area contributed by atoms with Crippen LogP contribution in [0.25, 0.3) is 0 Å². The summed E-state index contributed by atoms with van der Waals surface area (Å²) < 4.78 is 10.3. The van der Waals surface area contributed by atoms with Gasteiger partial charge in [-0.1, -0.05) is 23.4 Å². The first kappa shape index (κ1) is 13.7. The number of hydrogen-bond donors (Lipinski definition) is 0. The van der Waals surface area contributed by atoms with E-state index < -0.39 is 4.92 Å². The Labute approximate surface area is 109 Å². The van der Waals surface area contributed by atoms with Gasteiger partial charge in [0, 0.05) is 6.07 Å². The normalized spacial score (nSPS) is 9.06. The Balaban J connectivity index is 3.18. The predicted molar refractivity (Wildman–Crippen MR) is 66.8 cm³/mol. The summed E-state index contributed by atoms with van der Waals surface area (Å²) in [4.78, 5) is 10.1. The van der Waals surface area contributed by atoms with Crippen molar-refractivity contribution >= 4 is 17.3 Å². The van der Waals surface area contributed by atoms with Gasteiger partial charge in [-0.15, -0.1) is 12.8 Å². The summed E-state index contributed by atoms with van der Waals surface area (Å²) in [5, 5.41) is 10.7. The molecule has 0 saturated carbocycles. The second kappa shape index (κ2) is 6.39. The summed E-state index contributed by atoms with van der Waals surface area (Å²) in [7, 11) is 0. The van der Waals surface area contributed by atoms with Gasteiger partial charge in [0.25, 0.3) is 5.69 Å². The molecule has 0 bridgehead atoms. The van der Waals surface area contributed by atoms with Crippen LogP contribution in [0.2, 0.25) is 5.02 Å². The van der Waals surface area contributed by atoms with Crippen LogP contribution >= 0.6 is 11.6 Å². The quantitative estimate of drug-likeness (QED) is 0.465. The molecule has 0 spiro atoms. The Morgan fingerprint density at radius 1 is 1.28 bits per heavy atom. The highest BCUT2D eigenvalue weighted by Gasteiger charge is 2.17. The van der Waals surface area contributed by atoms with Gasteiger partial charge < -0.3 is 9.47 Å². The molecule has 0 atom stereocenters. The van der Waals surface area contributed by atoms with Gasteiger partial charge in [-0.2, -0.15) is 0 Å². The van der Waals surface area contributed by atoms with Gasteiger partial charge in [-0.3, -0.25) is 10.1 Å². The van der Waals surface area contributed by atoms with Crippen molar-refractivity contribution in [2.75, 3.05) is 13.2 Å². The zero-order valence-electron chi connectivity index (χ0n) is 9.18. The second-order valence-corrected chi connectivity index (χ2v) is 3.40. The first-order valence-corrected chi connectivity index (χ1v) is 5.08. The molecule has 0 aliphatic carbocycles. The molecule has 1 aromatic carbocycles. The summed E-state index contributed by atoms with van der Waals surface area (Å²) in [6.45, 7) is -0.103. The standard InChI is InChI=1S/C12H8ClNO4/c1-3-5-17-11-8-9(14(15)16)7-10(13)12(11)18-6-4-2/h1-2,7-8H,5-6H2. The maximum absolute atomic E-state index is 10.7. The van der Waals surface area contributed by atoms with E-state index in [-0.39, 0.29) is 35.4 Å². The maximum atomic E-state index is 10.7. The Bertz CT molecular complexity index is 542. The lowest BCUT2D eigenvalue weighted by Gasteiger charge is -2.11. The van der Waals surface area contributed by atoms with E-state index in [1.165, 1.54) is 6.07 Å². The number of hydrogen-bond acceptors (Lipinski definition) is 4. The third kappa shape index (κ3) is 3.31. The third-order valence-corrected chi connectivity index (χ3v) is 2.10. The molecule has 6 heteroatoms. The molecule has 0 aromatic heterocycles. The molecule has 5 nitrogen and oxygen atoms in total. The van der Waals surface area contributed by atoms with Crippen LogP contribution in [-0.2, 0) is 0 Å². The number of halogens is 1. The third-order valence-electron chi connectivity index (χ3n) is 1.82. The molecule has 1 rings (SSSR count). The molecule has 18 heavy (non-hydrogen) atoms. The number of rotatable bonds is 5. The fraction of sp³-hybridized carbons (Fsp3) is 0.167. The molecule has 1 aromatic rings. The second-order valence-electron chi connectivity index (χ2n) is 3.00. The largest absolute Gasteiger partial charge is 0.477 e. The average molecular weight is 266 g/mol. The Morgan fingerprint density at radius 3 is 2.44 bits per heavy atom. The minimum Gasteiger partial charge on any atom is -0.477 e. The van der Waals surface area contributed by atoms with E-state index in [0.717, 1.165) is 6.07 Å². The minimum atomic E-state index is -0.598. The van der Waals surface area contributed by atoms with E-state index in [4.69, 9.17) is 33.9 Å². The van der Waals surface area contributed by atoms with E-state index in [1.807, 2.05) is 0 Å². The molecule has 0 amide bonds. The van der Waals surface area contributed by atoms with Gasteiger partial charge >= 0.3 is 0 Å². The summed E-state index contributed by atoms with van der Waals surface area (Å²) in [5.41, 5.74) is -0.222. The molecule has 0 saturated heterocycles. The zero-order valence-corrected chi connectivity index (χ0v) is 9.94. The molecule has 0 N–H and O–H groups in total. The SMILES string of the molecule is C#CCOc1cc([N+](=O)[O-])cc(Cl)c1OCC#C. The molecular formula is C12H8ClNO4. The Hall–Kier alpha value is -2.37. The highest BCUT2D eigenvalue weighted by atomic mass is 35.5. The first-order valence-electron chi connectivity index (χ1n) is 4.70. The predicted octanol–water partition coefficient (Wildman–Crippen LogP) is 2.27. The van der Waals surface area contributed by atoms with Crippen LogP contribution in [0.3, 0.4) is 0 Å². The topological polar surface area (TPSA) is 61.6 Å². The van der Waals surface area contributed by atoms with Crippen LogP contribution in [0.5, 0.6) is 11.5 Å². The van der Waals surface area contributed by atoms with Gasteiger partial charge in [-0.25, -0.2) is 0 Å². The lowest BCUT2D eigenvalue weighted by molar-refractivity contribution is -0.384. The minimum absolute atomic E-state index is 0.0338. The van der Waals surface area contributed by atoms with Crippen molar-refractivity contribution in [2.24, 2.45) is 0 Å². The monoisotopic (exact) mass is 265 g/mol. The number of nitro groups is 1. The van der Waals surface area contributed by atoms with Crippen molar-refractivity contribution < 1.29 is 14.4 Å². The molecule has 0 radical (unpaired) electrons. The molecular weight excluding hydrogens is 258 g/mol. The maximum Gasteiger partial charge on any atom is 0.274 e. The Morgan fingerprint density at radius 2 is 1.89 bits per heavy atom. The molecule has 92 valence electrons. The van der Waals surface area contributed by atoms with E-state index in [9.17, 15) is 10.1 Å². The van der Waals surface area contributed by atoms with Gasteiger partial charge in [0.15, 0.2) is 11.5 Å². The summed E-state index contributed by atoms with van der Waals surface area (Å²) in [6.07, 6.45) is 10.1. The first-order chi connectivity index (χ1) is 8.60. The number of benzene rings is 1. The number of terminal acetylenes is 2. The number of ether oxygens (including phenoxy) is 2. The van der Waals surface area contributed by atoms with E-state index in [1.54, 1.807) is 0 Å². The van der Waals surface area contributed by atoms with Gasteiger partial charge in [0.05, 0.1) is 16.0 Å². The average Bonchev–Trinajstić information content (AvgIpc) is 2.34. The van der Waals surface area contributed by atoms with E-state index >= 15 is 0 Å². The van der Waals surface area contributed by atoms with Crippen LogP contribution in [-0.4, -0.2) is 18.1 Å². The van der Waals surface area contributed by atoms with Gasteiger partial charge in [-0.05, 0) is 0 Å². The number of non-ortho nitro benzene ring substituents is 1. The lowest BCUT2D eigenvalue weighted by Crippen LogP contribution is -2.01. The smallest absolute Gasteiger partial charge is 0.274 e. The molecule has 0 fully saturated rings. The molecule has 0 unspecified atom stereocenters. The van der Waals surface area contributed by atoms with Crippen molar-refractivity contribution in [3.8, 4) is 36.2 Å². The zero-order chi connectivity index (χ0) is 13.5.